The van der Waals surface area contributed by atoms with Crippen molar-refractivity contribution in [3.8, 4) is 0 Å². The molecule has 0 saturated heterocycles. The monoisotopic (exact) mass is 300 g/mol. The van der Waals surface area contributed by atoms with E-state index in [-0.39, 0.29) is 5.92 Å². The lowest BCUT2D eigenvalue weighted by Gasteiger charge is -2.55. The number of hydrogen-bond donors (Lipinski definition) is 1. The lowest BCUT2D eigenvalue weighted by Crippen LogP contribution is -2.60. The van der Waals surface area contributed by atoms with Crippen LogP contribution in [0.5, 0.6) is 0 Å². The van der Waals surface area contributed by atoms with Crippen molar-refractivity contribution in [2.24, 2.45) is 11.3 Å². The van der Waals surface area contributed by atoms with Gasteiger partial charge in [-0.15, -0.1) is 0 Å². The molecule has 0 amide bonds. The molecule has 0 bridgehead atoms. The van der Waals surface area contributed by atoms with Gasteiger partial charge >= 0.3 is 0 Å². The van der Waals surface area contributed by atoms with E-state index in [1.165, 1.54) is 0 Å². The molecule has 1 saturated carbocycles. The van der Waals surface area contributed by atoms with E-state index in [4.69, 9.17) is 4.18 Å². The Hall–Kier alpha value is -0.650. The van der Waals surface area contributed by atoms with Gasteiger partial charge in [0.1, 0.15) is 0 Å². The summed E-state index contributed by atoms with van der Waals surface area (Å²) in [6, 6.07) is 0. The molecule has 0 spiro atoms. The van der Waals surface area contributed by atoms with Gasteiger partial charge in [-0.05, 0) is 38.5 Å². The van der Waals surface area contributed by atoms with E-state index in [9.17, 15) is 13.5 Å². The second-order valence-electron chi connectivity index (χ2n) is 6.60. The molecule has 2 aliphatic carbocycles. The van der Waals surface area contributed by atoms with Gasteiger partial charge in [-0.25, -0.2) is 0 Å². The maximum absolute atomic E-state index is 11.6. The van der Waals surface area contributed by atoms with Crippen LogP contribution in [0.2, 0.25) is 0 Å². The summed E-state index contributed by atoms with van der Waals surface area (Å²) < 4.78 is 28.4. The maximum Gasteiger partial charge on any atom is 0.264 e. The van der Waals surface area contributed by atoms with Crippen LogP contribution in [0.3, 0.4) is 0 Å². The quantitative estimate of drug-likeness (QED) is 0.642. The fraction of sp³-hybridized carbons (Fsp3) is 0.733. The Labute approximate surface area is 121 Å². The average molecular weight is 300 g/mol. The minimum absolute atomic E-state index is 0.0892. The second kappa shape index (κ2) is 4.97. The molecule has 5 heteroatoms. The van der Waals surface area contributed by atoms with E-state index in [1.54, 1.807) is 0 Å². The Morgan fingerprint density at radius 2 is 2.00 bits per heavy atom. The van der Waals surface area contributed by atoms with E-state index >= 15 is 0 Å². The van der Waals surface area contributed by atoms with E-state index in [0.29, 0.717) is 25.7 Å². The molecule has 4 atom stereocenters. The smallest absolute Gasteiger partial charge is 0.264 e. The molecular formula is C15H24O4S. The van der Waals surface area contributed by atoms with Crippen LogP contribution < -0.4 is 0 Å². The molecule has 0 aromatic heterocycles. The molecule has 0 heterocycles. The normalized spacial score (nSPS) is 41.2. The summed E-state index contributed by atoms with van der Waals surface area (Å²) in [6.07, 6.45) is 6.92. The molecule has 0 aromatic rings. The van der Waals surface area contributed by atoms with Crippen LogP contribution in [-0.4, -0.2) is 31.5 Å². The van der Waals surface area contributed by atoms with Crippen LogP contribution in [0, 0.1) is 11.3 Å². The summed E-state index contributed by atoms with van der Waals surface area (Å²) in [5.41, 5.74) is -0.535. The highest BCUT2D eigenvalue weighted by Gasteiger charge is 2.57. The van der Waals surface area contributed by atoms with Crippen LogP contribution >= 0.6 is 0 Å². The zero-order chi connectivity index (χ0) is 15.2. The summed E-state index contributed by atoms with van der Waals surface area (Å²) in [5.74, 6) is 0.0892. The van der Waals surface area contributed by atoms with Crippen LogP contribution in [0.15, 0.2) is 24.3 Å². The zero-order valence-electron chi connectivity index (χ0n) is 12.4. The highest BCUT2D eigenvalue weighted by molar-refractivity contribution is 7.86. The van der Waals surface area contributed by atoms with Crippen molar-refractivity contribution in [3.05, 3.63) is 24.3 Å². The van der Waals surface area contributed by atoms with Gasteiger partial charge in [-0.1, -0.05) is 31.2 Å². The number of allylic oxidation sites excluding steroid dienone is 2. The first kappa shape index (κ1) is 15.7. The molecule has 4 nitrogen and oxygen atoms in total. The third-order valence-electron chi connectivity index (χ3n) is 5.01. The van der Waals surface area contributed by atoms with Crippen LogP contribution in [0.4, 0.5) is 0 Å². The summed E-state index contributed by atoms with van der Waals surface area (Å²) in [7, 11) is -3.55. The predicted octanol–water partition coefficient (Wildman–Crippen LogP) is 2.40. The van der Waals surface area contributed by atoms with Crippen LogP contribution in [0.25, 0.3) is 0 Å². The van der Waals surface area contributed by atoms with Gasteiger partial charge in [0.2, 0.25) is 0 Å². The highest BCUT2D eigenvalue weighted by Crippen LogP contribution is 2.54. The van der Waals surface area contributed by atoms with Gasteiger partial charge in [-0.3, -0.25) is 4.18 Å². The molecule has 1 N–H and O–H groups in total. The molecule has 0 radical (unpaired) electrons. The Morgan fingerprint density at radius 1 is 1.40 bits per heavy atom. The molecular weight excluding hydrogens is 276 g/mol. The molecule has 0 aromatic carbocycles. The zero-order valence-corrected chi connectivity index (χ0v) is 13.2. The van der Waals surface area contributed by atoms with Crippen molar-refractivity contribution >= 4 is 10.1 Å². The Balaban J connectivity index is 2.40. The molecule has 2 rings (SSSR count). The summed E-state index contributed by atoms with van der Waals surface area (Å²) in [6.45, 7) is 7.82. The minimum Gasteiger partial charge on any atom is -0.389 e. The molecule has 20 heavy (non-hydrogen) atoms. The van der Waals surface area contributed by atoms with Gasteiger partial charge in [0.25, 0.3) is 10.1 Å². The van der Waals surface area contributed by atoms with E-state index in [0.717, 1.165) is 11.8 Å². The number of rotatable bonds is 3. The van der Waals surface area contributed by atoms with E-state index < -0.39 is 27.2 Å². The number of fused-ring (bicyclic) bond motifs is 1. The fourth-order valence-corrected chi connectivity index (χ4v) is 4.23. The highest BCUT2D eigenvalue weighted by atomic mass is 32.2. The summed E-state index contributed by atoms with van der Waals surface area (Å²) >= 11 is 0. The number of aliphatic hydroxyl groups is 1. The molecule has 114 valence electrons. The van der Waals surface area contributed by atoms with Gasteiger partial charge in [0, 0.05) is 5.41 Å². The summed E-state index contributed by atoms with van der Waals surface area (Å²) in [4.78, 5) is 0. The number of hydrogen-bond acceptors (Lipinski definition) is 4. The molecule has 0 unspecified atom stereocenters. The largest absolute Gasteiger partial charge is 0.389 e. The van der Waals surface area contributed by atoms with Crippen molar-refractivity contribution in [3.63, 3.8) is 0 Å². The third kappa shape index (κ3) is 2.71. The van der Waals surface area contributed by atoms with Crippen LogP contribution in [-0.2, 0) is 14.3 Å². The standard InChI is InChI=1S/C15H24O4S/c1-11(2)12-9-13(19-20(4,17)18)14(3)7-5-6-8-15(14,16)10-12/h5-6,12-13,16H,1,7-10H2,2-4H3/t12-,13+,14+,15+/m1/s1. The minimum atomic E-state index is -3.55. The Morgan fingerprint density at radius 3 is 2.55 bits per heavy atom. The van der Waals surface area contributed by atoms with Crippen LogP contribution in [0.1, 0.15) is 39.5 Å². The summed E-state index contributed by atoms with van der Waals surface area (Å²) in [5, 5.41) is 11.1. The van der Waals surface area contributed by atoms with Crippen molar-refractivity contribution in [2.75, 3.05) is 6.26 Å². The molecule has 1 fully saturated rings. The first-order chi connectivity index (χ1) is 9.07. The lowest BCUT2D eigenvalue weighted by atomic mass is 9.55. The SMILES string of the molecule is C=C(C)[C@@H]1C[C@H](OS(C)(=O)=O)[C@]2(C)CC=CC[C@]2(O)C1. The molecule has 2 aliphatic rings. The van der Waals surface area contributed by atoms with Gasteiger partial charge < -0.3 is 5.11 Å². The van der Waals surface area contributed by atoms with Gasteiger partial charge in [0.05, 0.1) is 18.0 Å². The van der Waals surface area contributed by atoms with Crippen molar-refractivity contribution in [2.45, 2.75) is 51.2 Å². The average Bonchev–Trinajstić information content (AvgIpc) is 2.28. The van der Waals surface area contributed by atoms with E-state index in [1.807, 2.05) is 26.0 Å². The topological polar surface area (TPSA) is 63.6 Å². The predicted molar refractivity (Wildman–Crippen MR) is 78.7 cm³/mol. The second-order valence-corrected chi connectivity index (χ2v) is 8.20. The fourth-order valence-electron chi connectivity index (χ4n) is 3.52. The molecule has 0 aliphatic heterocycles. The van der Waals surface area contributed by atoms with Crippen molar-refractivity contribution in [1.82, 2.24) is 0 Å². The first-order valence-electron chi connectivity index (χ1n) is 6.98. The Bertz CT molecular complexity index is 536. The lowest BCUT2D eigenvalue weighted by molar-refractivity contribution is -0.166. The first-order valence-corrected chi connectivity index (χ1v) is 8.80. The van der Waals surface area contributed by atoms with Crippen molar-refractivity contribution in [1.29, 1.82) is 0 Å². The van der Waals surface area contributed by atoms with Gasteiger partial charge in [-0.2, -0.15) is 8.42 Å². The third-order valence-corrected chi connectivity index (χ3v) is 5.59. The Kier molecular flexibility index (Phi) is 3.91. The van der Waals surface area contributed by atoms with Crippen molar-refractivity contribution < 1.29 is 17.7 Å². The van der Waals surface area contributed by atoms with E-state index in [2.05, 4.69) is 6.58 Å². The van der Waals surface area contributed by atoms with Gasteiger partial charge in [0.15, 0.2) is 0 Å². The maximum atomic E-state index is 11.6.